The van der Waals surface area contributed by atoms with Crippen molar-refractivity contribution in [1.29, 1.82) is 10.5 Å². The maximum atomic E-state index is 10.3. The van der Waals surface area contributed by atoms with E-state index in [1.54, 1.807) is 13.8 Å². The van der Waals surface area contributed by atoms with Gasteiger partial charge in [-0.2, -0.15) is 10.5 Å². The van der Waals surface area contributed by atoms with Gasteiger partial charge in [-0.1, -0.05) is 0 Å². The van der Waals surface area contributed by atoms with Crippen LogP contribution in [-0.4, -0.2) is 13.2 Å². The van der Waals surface area contributed by atoms with E-state index in [0.29, 0.717) is 13.2 Å². The molecule has 0 radical (unpaired) electrons. The lowest BCUT2D eigenvalue weighted by Gasteiger charge is -1.78. The molecule has 0 aromatic rings. The molecule has 0 aliphatic heterocycles. The highest BCUT2D eigenvalue weighted by Gasteiger charge is 2.15. The third-order valence-corrected chi connectivity index (χ3v) is 1.46. The molecule has 66 valence electrons. The summed E-state index contributed by atoms with van der Waals surface area (Å²) in [5.74, 6) is 0. The average molecular weight is 189 g/mol. The number of nitrogens with zero attached hydrogens (tertiary/aromatic N) is 2. The smallest absolute Gasteiger partial charge is 0.181 e. The molecule has 0 saturated heterocycles. The molecule has 0 aromatic carbocycles. The van der Waals surface area contributed by atoms with E-state index in [1.165, 1.54) is 12.1 Å². The molecular weight excluding hydrogens is 179 g/mol. The molecule has 0 spiro atoms. The first kappa shape index (κ1) is 13.6. The van der Waals surface area contributed by atoms with Crippen molar-refractivity contribution in [1.82, 2.24) is 0 Å². The van der Waals surface area contributed by atoms with Crippen LogP contribution in [0.2, 0.25) is 0 Å². The van der Waals surface area contributed by atoms with Gasteiger partial charge in [0.2, 0.25) is 0 Å². The summed E-state index contributed by atoms with van der Waals surface area (Å²) in [6.07, 6.45) is 0. The molecule has 0 aromatic heterocycles. The van der Waals surface area contributed by atoms with Crippen molar-refractivity contribution in [3.05, 3.63) is 0 Å². The molecule has 0 fully saturated rings. The van der Waals surface area contributed by atoms with E-state index in [2.05, 4.69) is 9.05 Å². The molecule has 0 saturated carbocycles. The Morgan fingerprint density at radius 2 is 1.50 bits per heavy atom. The summed E-state index contributed by atoms with van der Waals surface area (Å²) in [4.78, 5) is 0. The number of hydrogen-bond acceptors (Lipinski definition) is 5. The van der Waals surface area contributed by atoms with Gasteiger partial charge in [0.25, 0.3) is 0 Å². The summed E-state index contributed by atoms with van der Waals surface area (Å²) in [5.41, 5.74) is 0. The Morgan fingerprint density at radius 1 is 1.17 bits per heavy atom. The lowest BCUT2D eigenvalue weighted by molar-refractivity contribution is 0.243. The van der Waals surface area contributed by atoms with Gasteiger partial charge in [-0.05, 0) is 13.8 Å². The quantitative estimate of drug-likeness (QED) is 0.629. The second-order valence-corrected chi connectivity index (χ2v) is 2.25. The van der Waals surface area contributed by atoms with Gasteiger partial charge in [-0.15, -0.1) is 9.05 Å². The Kier molecular flexibility index (Phi) is 14.3. The third kappa shape index (κ3) is 16.0. The van der Waals surface area contributed by atoms with E-state index in [9.17, 15) is 4.57 Å². The number of nitriles is 2. The molecular formula is C6H10N2O3P+. The van der Waals surface area contributed by atoms with Crippen LogP contribution >= 0.6 is 8.25 Å². The SMILES string of the molecule is CCO[P+](=O)OCC.N#CC#N. The first-order valence-electron chi connectivity index (χ1n) is 3.24. The van der Waals surface area contributed by atoms with Crippen LogP contribution in [0.15, 0.2) is 0 Å². The number of hydrogen-bond donors (Lipinski definition) is 0. The Hall–Kier alpha value is -1.00. The van der Waals surface area contributed by atoms with E-state index in [-0.39, 0.29) is 0 Å². The Bertz CT molecular complexity index is 174. The van der Waals surface area contributed by atoms with Crippen molar-refractivity contribution >= 4 is 8.25 Å². The zero-order valence-electron chi connectivity index (χ0n) is 6.98. The van der Waals surface area contributed by atoms with Crippen LogP contribution in [0.25, 0.3) is 0 Å². The van der Waals surface area contributed by atoms with Crippen LogP contribution < -0.4 is 0 Å². The second-order valence-electron chi connectivity index (χ2n) is 1.28. The summed E-state index contributed by atoms with van der Waals surface area (Å²) in [5, 5.41) is 14.5. The minimum Gasteiger partial charge on any atom is -0.181 e. The standard InChI is InChI=1S/C4H10O3P.C2N2/c1-3-6-8(5)7-4-2;3-1-2-4/h3-4H2,1-2H3;/q+1;. The maximum Gasteiger partial charge on any atom is 0.697 e. The second kappa shape index (κ2) is 12.7. The van der Waals surface area contributed by atoms with E-state index in [0.717, 1.165) is 0 Å². The zero-order valence-corrected chi connectivity index (χ0v) is 7.88. The molecule has 0 unspecified atom stereocenters. The van der Waals surface area contributed by atoms with E-state index < -0.39 is 8.25 Å². The summed E-state index contributed by atoms with van der Waals surface area (Å²) in [7, 11) is -1.83. The molecule has 12 heavy (non-hydrogen) atoms. The predicted molar refractivity (Wildman–Crippen MR) is 42.1 cm³/mol. The topological polar surface area (TPSA) is 83.1 Å². The fourth-order valence-electron chi connectivity index (χ4n) is 0.248. The van der Waals surface area contributed by atoms with Crippen LogP contribution in [0, 0.1) is 22.7 Å². The Balaban J connectivity index is 0. The minimum atomic E-state index is -1.83. The van der Waals surface area contributed by atoms with Gasteiger partial charge in [0, 0.05) is 4.57 Å². The van der Waals surface area contributed by atoms with Gasteiger partial charge in [0.1, 0.15) is 13.2 Å². The fraction of sp³-hybridized carbons (Fsp3) is 0.667. The third-order valence-electron chi connectivity index (χ3n) is 0.519. The predicted octanol–water partition coefficient (Wildman–Crippen LogP) is 1.75. The molecule has 0 aliphatic rings. The number of rotatable bonds is 4. The molecule has 0 heterocycles. The van der Waals surface area contributed by atoms with Crippen molar-refractivity contribution in [3.63, 3.8) is 0 Å². The Labute approximate surface area is 72.5 Å². The van der Waals surface area contributed by atoms with Gasteiger partial charge in [0.05, 0.1) is 0 Å². The highest BCUT2D eigenvalue weighted by atomic mass is 31.1. The first-order chi connectivity index (χ1) is 5.72. The van der Waals surface area contributed by atoms with Crippen LogP contribution in [-0.2, 0) is 13.6 Å². The molecule has 0 amide bonds. The highest BCUT2D eigenvalue weighted by Crippen LogP contribution is 2.21. The molecule has 6 heteroatoms. The molecule has 0 aliphatic carbocycles. The van der Waals surface area contributed by atoms with Gasteiger partial charge in [0.15, 0.2) is 12.1 Å². The van der Waals surface area contributed by atoms with Gasteiger partial charge < -0.3 is 0 Å². The van der Waals surface area contributed by atoms with Gasteiger partial charge in [-0.3, -0.25) is 0 Å². The van der Waals surface area contributed by atoms with Crippen LogP contribution in [0.1, 0.15) is 13.8 Å². The monoisotopic (exact) mass is 189 g/mol. The lowest BCUT2D eigenvalue weighted by Crippen LogP contribution is -1.81. The van der Waals surface area contributed by atoms with Crippen molar-refractivity contribution in [2.24, 2.45) is 0 Å². The molecule has 0 bridgehead atoms. The normalized spacial score (nSPS) is 7.00. The van der Waals surface area contributed by atoms with Gasteiger partial charge >= 0.3 is 8.25 Å². The van der Waals surface area contributed by atoms with E-state index in [4.69, 9.17) is 10.5 Å². The molecule has 0 rings (SSSR count). The lowest BCUT2D eigenvalue weighted by atomic mass is 10.9. The Morgan fingerprint density at radius 3 is 1.67 bits per heavy atom. The molecule has 5 nitrogen and oxygen atoms in total. The molecule has 0 atom stereocenters. The minimum absolute atomic E-state index is 0.440. The van der Waals surface area contributed by atoms with Crippen molar-refractivity contribution in [2.75, 3.05) is 13.2 Å². The van der Waals surface area contributed by atoms with Crippen molar-refractivity contribution in [3.8, 4) is 12.1 Å². The summed E-state index contributed by atoms with van der Waals surface area (Å²) < 4.78 is 19.5. The van der Waals surface area contributed by atoms with Gasteiger partial charge in [-0.25, -0.2) is 0 Å². The van der Waals surface area contributed by atoms with E-state index >= 15 is 0 Å². The highest BCUT2D eigenvalue weighted by molar-refractivity contribution is 7.33. The zero-order chi connectivity index (χ0) is 9.82. The largest absolute Gasteiger partial charge is 0.697 e. The van der Waals surface area contributed by atoms with Crippen molar-refractivity contribution in [2.45, 2.75) is 13.8 Å². The van der Waals surface area contributed by atoms with Crippen LogP contribution in [0.4, 0.5) is 0 Å². The average Bonchev–Trinajstić information content (AvgIpc) is 2.06. The summed E-state index contributed by atoms with van der Waals surface area (Å²) in [6.45, 7) is 4.42. The maximum absolute atomic E-state index is 10.3. The molecule has 0 N–H and O–H groups in total. The summed E-state index contributed by atoms with van der Waals surface area (Å²) >= 11 is 0. The fourth-order valence-corrected chi connectivity index (χ4v) is 0.744. The van der Waals surface area contributed by atoms with Crippen LogP contribution in [0.5, 0.6) is 0 Å². The van der Waals surface area contributed by atoms with Crippen molar-refractivity contribution < 1.29 is 13.6 Å². The van der Waals surface area contributed by atoms with E-state index in [1.807, 2.05) is 0 Å². The van der Waals surface area contributed by atoms with Crippen LogP contribution in [0.3, 0.4) is 0 Å². The summed E-state index contributed by atoms with van der Waals surface area (Å²) in [6, 6.07) is 2.47. The first-order valence-corrected chi connectivity index (χ1v) is 4.33.